The largest absolute Gasteiger partial charge is 0.309 e. The summed E-state index contributed by atoms with van der Waals surface area (Å²) in [6, 6.07) is 5.28. The van der Waals surface area contributed by atoms with E-state index < -0.39 is 0 Å². The zero-order valence-electron chi connectivity index (χ0n) is 11.2. The maximum atomic E-state index is 11.9. The molecule has 0 aromatic heterocycles. The smallest absolute Gasteiger partial charge is 0.159 e. The van der Waals surface area contributed by atoms with Gasteiger partial charge in [0.2, 0.25) is 0 Å². The summed E-state index contributed by atoms with van der Waals surface area (Å²) in [5.41, 5.74) is 0.686. The van der Waals surface area contributed by atoms with Crippen LogP contribution in [-0.2, 0) is 4.79 Å². The Kier molecular flexibility index (Phi) is 8.35. The third kappa shape index (κ3) is 5.96. The van der Waals surface area contributed by atoms with Crippen LogP contribution in [0.25, 0.3) is 6.08 Å². The molecule has 5 heteroatoms. The van der Waals surface area contributed by atoms with E-state index in [1.54, 1.807) is 30.4 Å². The molecule has 0 saturated carbocycles. The fourth-order valence-electron chi connectivity index (χ4n) is 1.64. The van der Waals surface area contributed by atoms with Crippen molar-refractivity contribution in [2.24, 2.45) is 5.92 Å². The van der Waals surface area contributed by atoms with E-state index in [2.05, 4.69) is 0 Å². The molecule has 0 radical (unpaired) electrons. The van der Waals surface area contributed by atoms with E-state index in [1.165, 1.54) is 0 Å². The number of hydrogen-bond donors (Lipinski definition) is 0. The fourth-order valence-corrected chi connectivity index (χ4v) is 2.16. The van der Waals surface area contributed by atoms with Gasteiger partial charge < -0.3 is 4.90 Å². The predicted molar refractivity (Wildman–Crippen MR) is 85.5 cm³/mol. The van der Waals surface area contributed by atoms with Crippen molar-refractivity contribution in [3.05, 3.63) is 39.9 Å². The zero-order valence-corrected chi connectivity index (χ0v) is 13.5. The van der Waals surface area contributed by atoms with Gasteiger partial charge in [-0.05, 0) is 38.4 Å². The first-order chi connectivity index (χ1) is 8.41. The van der Waals surface area contributed by atoms with E-state index in [9.17, 15) is 4.79 Å². The van der Waals surface area contributed by atoms with Gasteiger partial charge in [0.05, 0.1) is 0 Å². The number of benzene rings is 1. The maximum Gasteiger partial charge on any atom is 0.159 e. The van der Waals surface area contributed by atoms with E-state index in [0.717, 1.165) is 6.54 Å². The van der Waals surface area contributed by atoms with Crippen LogP contribution in [0.1, 0.15) is 12.5 Å². The number of rotatable bonds is 5. The van der Waals surface area contributed by atoms with Crippen LogP contribution >= 0.6 is 35.6 Å². The van der Waals surface area contributed by atoms with Crippen LogP contribution in [0.5, 0.6) is 0 Å². The molecule has 2 nitrogen and oxygen atoms in total. The van der Waals surface area contributed by atoms with Gasteiger partial charge in [0.15, 0.2) is 5.78 Å². The molecule has 106 valence electrons. The van der Waals surface area contributed by atoms with Gasteiger partial charge >= 0.3 is 0 Å². The molecule has 0 N–H and O–H groups in total. The summed E-state index contributed by atoms with van der Waals surface area (Å²) >= 11 is 12.0. The highest BCUT2D eigenvalue weighted by Gasteiger charge is 2.11. The Balaban J connectivity index is 0.00000324. The monoisotopic (exact) mass is 321 g/mol. The Morgan fingerprint density at radius 1 is 1.32 bits per heavy atom. The molecular weight excluding hydrogens is 305 g/mol. The molecule has 0 spiro atoms. The topological polar surface area (TPSA) is 20.3 Å². The van der Waals surface area contributed by atoms with Gasteiger partial charge in [-0.2, -0.15) is 0 Å². The number of ketones is 1. The highest BCUT2D eigenvalue weighted by molar-refractivity contribution is 6.37. The molecule has 1 unspecified atom stereocenters. The average Bonchev–Trinajstić information content (AvgIpc) is 2.27. The molecule has 19 heavy (non-hydrogen) atoms. The SMILES string of the molecule is CC(CN(C)C)C(=O)/C=C/c1c(Cl)cccc1Cl.Cl. The van der Waals surface area contributed by atoms with Crippen LogP contribution in [0.4, 0.5) is 0 Å². The van der Waals surface area contributed by atoms with Crippen molar-refractivity contribution >= 4 is 47.5 Å². The standard InChI is InChI=1S/C14H17Cl2NO.ClH/c1-10(9-17(2)3)14(18)8-7-11-12(15)5-4-6-13(11)16;/h4-8,10H,9H2,1-3H3;1H/b8-7+;. The minimum absolute atomic E-state index is 0. The quantitative estimate of drug-likeness (QED) is 0.757. The molecule has 0 aliphatic carbocycles. The third-order valence-corrected chi connectivity index (χ3v) is 3.20. The summed E-state index contributed by atoms with van der Waals surface area (Å²) in [6.45, 7) is 2.63. The Morgan fingerprint density at radius 3 is 2.32 bits per heavy atom. The van der Waals surface area contributed by atoms with Crippen LogP contribution in [0, 0.1) is 5.92 Å². The molecule has 1 rings (SSSR count). The molecular formula is C14H18Cl3NO. The lowest BCUT2D eigenvalue weighted by Crippen LogP contribution is -2.24. The predicted octanol–water partition coefficient (Wildman–Crippen LogP) is 4.20. The van der Waals surface area contributed by atoms with Gasteiger partial charge in [-0.1, -0.05) is 36.2 Å². The highest BCUT2D eigenvalue weighted by atomic mass is 35.5. The number of carbonyl (C=O) groups excluding carboxylic acids is 1. The summed E-state index contributed by atoms with van der Waals surface area (Å²) in [5.74, 6) is 0.0252. The van der Waals surface area contributed by atoms with Crippen molar-refractivity contribution in [2.75, 3.05) is 20.6 Å². The number of allylic oxidation sites excluding steroid dienone is 1. The normalized spacial score (nSPS) is 12.5. The summed E-state index contributed by atoms with van der Waals surface area (Å²) in [7, 11) is 3.89. The zero-order chi connectivity index (χ0) is 13.7. The Bertz CT molecular complexity index is 438. The summed E-state index contributed by atoms with van der Waals surface area (Å²) in [5, 5.41) is 1.10. The number of hydrogen-bond acceptors (Lipinski definition) is 2. The first-order valence-corrected chi connectivity index (χ1v) is 6.48. The first-order valence-electron chi connectivity index (χ1n) is 5.72. The van der Waals surface area contributed by atoms with Crippen LogP contribution in [0.15, 0.2) is 24.3 Å². The second kappa shape index (κ2) is 8.60. The Labute approximate surface area is 130 Å². The maximum absolute atomic E-state index is 11.9. The van der Waals surface area contributed by atoms with E-state index in [-0.39, 0.29) is 24.1 Å². The van der Waals surface area contributed by atoms with E-state index >= 15 is 0 Å². The molecule has 1 aromatic carbocycles. The van der Waals surface area contributed by atoms with Crippen molar-refractivity contribution in [1.29, 1.82) is 0 Å². The van der Waals surface area contributed by atoms with E-state index in [0.29, 0.717) is 15.6 Å². The minimum Gasteiger partial charge on any atom is -0.309 e. The summed E-state index contributed by atoms with van der Waals surface area (Å²) < 4.78 is 0. The third-order valence-electron chi connectivity index (χ3n) is 2.54. The molecule has 0 fully saturated rings. The summed E-state index contributed by atoms with van der Waals surface area (Å²) in [6.07, 6.45) is 3.22. The number of nitrogens with zero attached hydrogens (tertiary/aromatic N) is 1. The molecule has 0 aliphatic heterocycles. The second-order valence-corrected chi connectivity index (χ2v) is 5.35. The number of halogens is 3. The molecule has 1 aromatic rings. The van der Waals surface area contributed by atoms with Gasteiger partial charge in [0.25, 0.3) is 0 Å². The first kappa shape index (κ1) is 18.5. The average molecular weight is 323 g/mol. The Hall–Kier alpha value is -0.540. The summed E-state index contributed by atoms with van der Waals surface area (Å²) in [4.78, 5) is 13.9. The fraction of sp³-hybridized carbons (Fsp3) is 0.357. The molecule has 0 bridgehead atoms. The van der Waals surface area contributed by atoms with Gasteiger partial charge in [-0.15, -0.1) is 12.4 Å². The minimum atomic E-state index is -0.0440. The van der Waals surface area contributed by atoms with Crippen LogP contribution in [0.2, 0.25) is 10.0 Å². The van der Waals surface area contributed by atoms with Gasteiger partial charge in [-0.3, -0.25) is 4.79 Å². The lowest BCUT2D eigenvalue weighted by atomic mass is 10.0. The molecule has 0 saturated heterocycles. The second-order valence-electron chi connectivity index (χ2n) is 4.53. The lowest BCUT2D eigenvalue weighted by Gasteiger charge is -2.13. The molecule has 0 heterocycles. The van der Waals surface area contributed by atoms with Crippen molar-refractivity contribution in [1.82, 2.24) is 4.90 Å². The van der Waals surface area contributed by atoms with E-state index in [1.807, 2.05) is 25.9 Å². The van der Waals surface area contributed by atoms with Gasteiger partial charge in [0, 0.05) is 28.1 Å². The van der Waals surface area contributed by atoms with Gasteiger partial charge in [-0.25, -0.2) is 0 Å². The van der Waals surface area contributed by atoms with Crippen LogP contribution < -0.4 is 0 Å². The lowest BCUT2D eigenvalue weighted by molar-refractivity contribution is -0.118. The molecule has 1 atom stereocenters. The molecule has 0 amide bonds. The van der Waals surface area contributed by atoms with Crippen LogP contribution in [0.3, 0.4) is 0 Å². The highest BCUT2D eigenvalue weighted by Crippen LogP contribution is 2.25. The van der Waals surface area contributed by atoms with E-state index in [4.69, 9.17) is 23.2 Å². The molecule has 0 aliphatic rings. The van der Waals surface area contributed by atoms with Crippen molar-refractivity contribution in [2.45, 2.75) is 6.92 Å². The van der Waals surface area contributed by atoms with Crippen molar-refractivity contribution in [3.63, 3.8) is 0 Å². The number of carbonyl (C=O) groups is 1. The van der Waals surface area contributed by atoms with Crippen molar-refractivity contribution < 1.29 is 4.79 Å². The Morgan fingerprint density at radius 2 is 1.84 bits per heavy atom. The van der Waals surface area contributed by atoms with Gasteiger partial charge in [0.1, 0.15) is 0 Å². The van der Waals surface area contributed by atoms with Crippen LogP contribution in [-0.4, -0.2) is 31.3 Å². The van der Waals surface area contributed by atoms with Crippen molar-refractivity contribution in [3.8, 4) is 0 Å².